The molecule has 69 heavy (non-hydrogen) atoms. The Hall–Kier alpha value is -1.33. The number of amides is 1. The van der Waals surface area contributed by atoms with Gasteiger partial charge in [0, 0.05) is 6.42 Å². The molecule has 7 atom stereocenters. The van der Waals surface area contributed by atoms with Gasteiger partial charge in [0.2, 0.25) is 5.91 Å². The number of unbranched alkanes of at least 4 members (excludes halogenated alkanes) is 38. The van der Waals surface area contributed by atoms with Crippen LogP contribution in [-0.2, 0) is 14.3 Å². The molecule has 1 aliphatic rings. The van der Waals surface area contributed by atoms with Crippen LogP contribution >= 0.6 is 0 Å². The van der Waals surface area contributed by atoms with Crippen molar-refractivity contribution in [1.29, 1.82) is 0 Å². The van der Waals surface area contributed by atoms with Gasteiger partial charge < -0.3 is 40.3 Å². The number of aliphatic hydroxyl groups is 5. The summed E-state index contributed by atoms with van der Waals surface area (Å²) in [6, 6.07) is -0.715. The van der Waals surface area contributed by atoms with Crippen molar-refractivity contribution in [2.75, 3.05) is 13.2 Å². The highest BCUT2D eigenvalue weighted by Crippen LogP contribution is 2.23. The molecule has 0 aromatic heterocycles. The Labute approximate surface area is 426 Å². The number of nitrogens with one attached hydrogen (secondary N) is 1. The van der Waals surface area contributed by atoms with Gasteiger partial charge in [-0.2, -0.15) is 0 Å². The number of aliphatic hydroxyl groups excluding tert-OH is 5. The monoisotopic (exact) mass is 978 g/mol. The number of rotatable bonds is 52. The second-order valence-electron chi connectivity index (χ2n) is 21.1. The van der Waals surface area contributed by atoms with E-state index in [4.69, 9.17) is 9.47 Å². The highest BCUT2D eigenvalue weighted by atomic mass is 16.7. The molecule has 9 nitrogen and oxygen atoms in total. The Bertz CT molecular complexity index is 1130. The van der Waals surface area contributed by atoms with Crippen LogP contribution in [0.5, 0.6) is 0 Å². The maximum atomic E-state index is 13.0. The van der Waals surface area contributed by atoms with E-state index in [9.17, 15) is 30.3 Å². The summed E-state index contributed by atoms with van der Waals surface area (Å²) in [7, 11) is 0. The molecule has 1 amide bonds. The van der Waals surface area contributed by atoms with Gasteiger partial charge in [-0.05, 0) is 44.9 Å². The smallest absolute Gasteiger partial charge is 0.220 e. The third-order valence-electron chi connectivity index (χ3n) is 14.6. The fourth-order valence-electron chi connectivity index (χ4n) is 9.78. The van der Waals surface area contributed by atoms with Gasteiger partial charge in [0.05, 0.1) is 25.4 Å². The van der Waals surface area contributed by atoms with E-state index >= 15 is 0 Å². The van der Waals surface area contributed by atoms with Crippen molar-refractivity contribution in [3.63, 3.8) is 0 Å². The van der Waals surface area contributed by atoms with Gasteiger partial charge in [0.15, 0.2) is 6.29 Å². The topological polar surface area (TPSA) is 149 Å². The second-order valence-corrected chi connectivity index (χ2v) is 21.1. The quantitative estimate of drug-likeness (QED) is 0.0261. The van der Waals surface area contributed by atoms with Crippen molar-refractivity contribution in [2.24, 2.45) is 0 Å². The lowest BCUT2D eigenvalue weighted by Crippen LogP contribution is -2.60. The predicted molar refractivity (Wildman–Crippen MR) is 290 cm³/mol. The lowest BCUT2D eigenvalue weighted by atomic mass is 9.99. The maximum Gasteiger partial charge on any atom is 0.220 e. The molecular formula is C60H115NO8. The minimum absolute atomic E-state index is 0.135. The summed E-state index contributed by atoms with van der Waals surface area (Å²) in [5.41, 5.74) is 0. The summed E-state index contributed by atoms with van der Waals surface area (Å²) in [6.07, 6.45) is 56.9. The highest BCUT2D eigenvalue weighted by molar-refractivity contribution is 5.76. The molecule has 0 spiro atoms. The molecule has 7 unspecified atom stereocenters. The van der Waals surface area contributed by atoms with Crippen LogP contribution in [0.1, 0.15) is 296 Å². The third kappa shape index (κ3) is 39.8. The molecule has 0 aliphatic carbocycles. The fourth-order valence-corrected chi connectivity index (χ4v) is 9.78. The van der Waals surface area contributed by atoms with Crippen LogP contribution in [0.4, 0.5) is 0 Å². The Kier molecular flexibility index (Phi) is 47.8. The minimum Gasteiger partial charge on any atom is -0.394 e. The van der Waals surface area contributed by atoms with Crippen LogP contribution in [0, 0.1) is 0 Å². The first kappa shape index (κ1) is 65.7. The normalized spacial score (nSPS) is 19.6. The molecule has 0 aromatic carbocycles. The molecule has 9 heteroatoms. The van der Waals surface area contributed by atoms with Crippen LogP contribution in [-0.4, -0.2) is 87.5 Å². The molecule has 0 bridgehead atoms. The van der Waals surface area contributed by atoms with Crippen molar-refractivity contribution in [3.8, 4) is 0 Å². The molecule has 1 aliphatic heterocycles. The zero-order valence-corrected chi connectivity index (χ0v) is 45.3. The molecule has 1 fully saturated rings. The van der Waals surface area contributed by atoms with Gasteiger partial charge in [-0.1, -0.05) is 269 Å². The molecular weight excluding hydrogens is 863 g/mol. The molecule has 408 valence electrons. The molecule has 1 heterocycles. The lowest BCUT2D eigenvalue weighted by Gasteiger charge is -2.40. The Morgan fingerprint density at radius 3 is 1.25 bits per heavy atom. The van der Waals surface area contributed by atoms with Crippen LogP contribution in [0.25, 0.3) is 0 Å². The van der Waals surface area contributed by atoms with Gasteiger partial charge in [0.1, 0.15) is 24.4 Å². The summed E-state index contributed by atoms with van der Waals surface area (Å²) in [6.45, 7) is 3.83. The summed E-state index contributed by atoms with van der Waals surface area (Å²) in [5.74, 6) is -0.143. The predicted octanol–water partition coefficient (Wildman–Crippen LogP) is 15.0. The standard InChI is InChI=1S/C60H115NO8/c1-3-5-7-9-11-13-14-15-16-17-18-19-20-21-22-23-24-25-26-27-28-29-30-31-32-33-34-35-36-37-38-39-40-42-44-46-48-50-56(64)61-53(54(63)49-47-45-43-41-12-10-8-6-4-2)52-68-60-59(67)58(66)57(65)55(51-62)69-60/h22-23,25-26,53-55,57-60,62-63,65-67H,3-21,24,27-52H2,1-2H3,(H,61,64)/b23-22-,26-25-. The molecule has 0 aromatic rings. The van der Waals surface area contributed by atoms with E-state index < -0.39 is 49.5 Å². The van der Waals surface area contributed by atoms with Crippen molar-refractivity contribution in [2.45, 2.75) is 339 Å². The summed E-state index contributed by atoms with van der Waals surface area (Å²) in [4.78, 5) is 13.0. The maximum absolute atomic E-state index is 13.0. The number of carbonyl (C=O) groups excluding carboxylic acids is 1. The number of carbonyl (C=O) groups is 1. The zero-order chi connectivity index (χ0) is 50.1. The largest absolute Gasteiger partial charge is 0.394 e. The molecule has 1 saturated heterocycles. The van der Waals surface area contributed by atoms with E-state index in [1.807, 2.05) is 0 Å². The number of allylic oxidation sites excluding steroid dienone is 4. The van der Waals surface area contributed by atoms with E-state index in [1.165, 1.54) is 225 Å². The number of hydrogen-bond acceptors (Lipinski definition) is 8. The average molecular weight is 979 g/mol. The molecule has 0 saturated carbocycles. The number of ether oxygens (including phenoxy) is 2. The van der Waals surface area contributed by atoms with E-state index in [2.05, 4.69) is 43.5 Å². The van der Waals surface area contributed by atoms with Gasteiger partial charge >= 0.3 is 0 Å². The SMILES string of the molecule is CCCCCCCCCCCCCCC/C=C\C/C=C\CCCCCCCCCCCCCCCCCCCC(=O)NC(COC1OC(CO)C(O)C(O)C1O)C(O)CCCCCCCCCCC. The van der Waals surface area contributed by atoms with Gasteiger partial charge in [-0.25, -0.2) is 0 Å². The van der Waals surface area contributed by atoms with Gasteiger partial charge in [-0.15, -0.1) is 0 Å². The van der Waals surface area contributed by atoms with Crippen LogP contribution < -0.4 is 5.32 Å². The zero-order valence-electron chi connectivity index (χ0n) is 45.3. The van der Waals surface area contributed by atoms with Crippen LogP contribution in [0.3, 0.4) is 0 Å². The van der Waals surface area contributed by atoms with Crippen molar-refractivity contribution < 1.29 is 39.8 Å². The second kappa shape index (κ2) is 50.2. The van der Waals surface area contributed by atoms with E-state index in [1.54, 1.807) is 0 Å². The summed E-state index contributed by atoms with van der Waals surface area (Å²) in [5, 5.41) is 54.4. The van der Waals surface area contributed by atoms with Gasteiger partial charge in [-0.3, -0.25) is 4.79 Å². The Morgan fingerprint density at radius 1 is 0.493 bits per heavy atom. The minimum atomic E-state index is -1.55. The Balaban J connectivity index is 2.01. The number of hydrogen-bond donors (Lipinski definition) is 6. The molecule has 0 radical (unpaired) electrons. The van der Waals surface area contributed by atoms with E-state index in [-0.39, 0.29) is 12.5 Å². The summed E-state index contributed by atoms with van der Waals surface area (Å²) < 4.78 is 11.3. The van der Waals surface area contributed by atoms with Crippen LogP contribution in [0.15, 0.2) is 24.3 Å². The van der Waals surface area contributed by atoms with Crippen molar-refractivity contribution >= 4 is 5.91 Å². The van der Waals surface area contributed by atoms with Gasteiger partial charge in [0.25, 0.3) is 0 Å². The molecule has 1 rings (SSSR count). The fraction of sp³-hybridized carbons (Fsp3) is 0.917. The van der Waals surface area contributed by atoms with Crippen LogP contribution in [0.2, 0.25) is 0 Å². The molecule has 6 N–H and O–H groups in total. The Morgan fingerprint density at radius 2 is 0.855 bits per heavy atom. The lowest BCUT2D eigenvalue weighted by molar-refractivity contribution is -0.302. The third-order valence-corrected chi connectivity index (χ3v) is 14.6. The first-order valence-corrected chi connectivity index (χ1v) is 30.0. The first-order valence-electron chi connectivity index (χ1n) is 30.0. The van der Waals surface area contributed by atoms with E-state index in [0.717, 1.165) is 44.9 Å². The first-order chi connectivity index (χ1) is 33.8. The van der Waals surface area contributed by atoms with Crippen molar-refractivity contribution in [3.05, 3.63) is 24.3 Å². The highest BCUT2D eigenvalue weighted by Gasteiger charge is 2.44. The van der Waals surface area contributed by atoms with E-state index in [0.29, 0.717) is 12.8 Å². The van der Waals surface area contributed by atoms with Crippen molar-refractivity contribution in [1.82, 2.24) is 5.32 Å². The summed E-state index contributed by atoms with van der Waals surface area (Å²) >= 11 is 0. The average Bonchev–Trinajstić information content (AvgIpc) is 3.35.